The Morgan fingerprint density at radius 2 is 1.18 bits per heavy atom. The van der Waals surface area contributed by atoms with Crippen LogP contribution in [0.5, 0.6) is 34.5 Å². The molecule has 0 unspecified atom stereocenters. The van der Waals surface area contributed by atoms with E-state index in [2.05, 4.69) is 15.5 Å². The number of Topliss-reactive ketones (excluding diaryl/α,β-unsaturated/α-hetero) is 1. The number of hydrogen-bond donors (Lipinski definition) is 3. The van der Waals surface area contributed by atoms with Gasteiger partial charge in [0.15, 0.2) is 28.8 Å². The fourth-order valence-corrected chi connectivity index (χ4v) is 5.59. The van der Waals surface area contributed by atoms with Gasteiger partial charge in [0.05, 0.1) is 48.2 Å². The maximum Gasteiger partial charge on any atom is 0.270 e. The second kappa shape index (κ2) is 10.3. The Morgan fingerprint density at radius 1 is 0.667 bits per heavy atom. The van der Waals surface area contributed by atoms with Crippen LogP contribution in [0.4, 0.5) is 5.82 Å². The molecule has 11 heteroatoms. The Labute approximate surface area is 225 Å². The van der Waals surface area contributed by atoms with Crippen molar-refractivity contribution >= 4 is 11.6 Å². The molecule has 39 heavy (non-hydrogen) atoms. The third-order valence-corrected chi connectivity index (χ3v) is 7.35. The number of fused-ring (bicyclic) bond motifs is 1. The van der Waals surface area contributed by atoms with Crippen LogP contribution in [0.2, 0.25) is 0 Å². The van der Waals surface area contributed by atoms with Gasteiger partial charge >= 0.3 is 0 Å². The zero-order valence-corrected chi connectivity index (χ0v) is 22.6. The summed E-state index contributed by atoms with van der Waals surface area (Å²) >= 11 is 0. The third kappa shape index (κ3) is 4.23. The van der Waals surface area contributed by atoms with Gasteiger partial charge in [0, 0.05) is 23.6 Å². The Bertz CT molecular complexity index is 1470. The highest BCUT2D eigenvalue weighted by molar-refractivity contribution is 6.01. The number of methoxy groups -OCH3 is 6. The Kier molecular flexibility index (Phi) is 6.90. The largest absolute Gasteiger partial charge is 0.493 e. The molecule has 5 rings (SSSR count). The maximum atomic E-state index is 13.9. The lowest BCUT2D eigenvalue weighted by Gasteiger charge is -2.35. The van der Waals surface area contributed by atoms with Crippen molar-refractivity contribution in [2.75, 3.05) is 48.0 Å². The Balaban J connectivity index is 1.64. The van der Waals surface area contributed by atoms with Crippen molar-refractivity contribution < 1.29 is 33.2 Å². The minimum absolute atomic E-state index is 0.0764. The van der Waals surface area contributed by atoms with Crippen LogP contribution in [0.3, 0.4) is 0 Å². The van der Waals surface area contributed by atoms with Crippen LogP contribution in [0.15, 0.2) is 40.3 Å². The van der Waals surface area contributed by atoms with E-state index in [1.54, 1.807) is 33.5 Å². The number of allylic oxidation sites excluding steroid dienone is 2. The maximum absolute atomic E-state index is 13.9. The minimum atomic E-state index is -0.645. The predicted octanol–water partition coefficient (Wildman–Crippen LogP) is 3.71. The molecule has 0 radical (unpaired) electrons. The number of H-pyrrole nitrogens is 2. The molecule has 2 atom stereocenters. The molecule has 1 aliphatic carbocycles. The van der Waals surface area contributed by atoms with Crippen molar-refractivity contribution in [3.63, 3.8) is 0 Å². The first-order valence-corrected chi connectivity index (χ1v) is 12.3. The van der Waals surface area contributed by atoms with Crippen molar-refractivity contribution in [3.8, 4) is 34.5 Å². The van der Waals surface area contributed by atoms with Gasteiger partial charge in [-0.2, -0.15) is 0 Å². The first-order chi connectivity index (χ1) is 18.9. The molecule has 1 aliphatic heterocycles. The molecule has 2 aliphatic rings. The fraction of sp³-hybridized carbons (Fsp3) is 0.357. The molecule has 0 spiro atoms. The number of aromatic amines is 2. The van der Waals surface area contributed by atoms with E-state index in [9.17, 15) is 9.59 Å². The van der Waals surface area contributed by atoms with Gasteiger partial charge in [0.25, 0.3) is 5.56 Å². The van der Waals surface area contributed by atoms with E-state index in [1.807, 2.05) is 12.1 Å². The molecule has 0 amide bonds. The van der Waals surface area contributed by atoms with Crippen molar-refractivity contribution in [2.24, 2.45) is 0 Å². The van der Waals surface area contributed by atoms with E-state index in [0.29, 0.717) is 63.4 Å². The smallest absolute Gasteiger partial charge is 0.270 e. The van der Waals surface area contributed by atoms with Crippen LogP contribution < -0.4 is 39.3 Å². The summed E-state index contributed by atoms with van der Waals surface area (Å²) in [6.07, 6.45) is 0.755. The van der Waals surface area contributed by atoms with Gasteiger partial charge in [-0.05, 0) is 47.7 Å². The second-order valence-electron chi connectivity index (χ2n) is 9.26. The topological polar surface area (TPSA) is 133 Å². The van der Waals surface area contributed by atoms with E-state index in [0.717, 1.165) is 11.3 Å². The van der Waals surface area contributed by atoms with Gasteiger partial charge in [-0.25, -0.2) is 0 Å². The predicted molar refractivity (Wildman–Crippen MR) is 143 cm³/mol. The summed E-state index contributed by atoms with van der Waals surface area (Å²) in [4.78, 5) is 26.9. The molecule has 0 fully saturated rings. The number of ether oxygens (including phenoxy) is 6. The number of aromatic nitrogens is 2. The van der Waals surface area contributed by atoms with E-state index in [-0.39, 0.29) is 23.7 Å². The van der Waals surface area contributed by atoms with Crippen molar-refractivity contribution in [3.05, 3.63) is 62.6 Å². The van der Waals surface area contributed by atoms with Gasteiger partial charge in [0.2, 0.25) is 11.5 Å². The Morgan fingerprint density at radius 3 is 1.67 bits per heavy atom. The minimum Gasteiger partial charge on any atom is -0.493 e. The Hall–Kier alpha value is -4.54. The van der Waals surface area contributed by atoms with E-state index >= 15 is 0 Å². The van der Waals surface area contributed by atoms with Crippen LogP contribution in [0, 0.1) is 0 Å². The number of anilines is 1. The first kappa shape index (κ1) is 26.1. The van der Waals surface area contributed by atoms with Crippen molar-refractivity contribution in [2.45, 2.75) is 24.7 Å². The summed E-state index contributed by atoms with van der Waals surface area (Å²) in [5, 5.41) is 8.88. The molecule has 3 N–H and O–H groups in total. The molecule has 2 aromatic carbocycles. The molecule has 0 saturated heterocycles. The molecular weight excluding hydrogens is 506 g/mol. The van der Waals surface area contributed by atoms with Gasteiger partial charge in [0.1, 0.15) is 5.82 Å². The third-order valence-electron chi connectivity index (χ3n) is 7.35. The molecule has 0 bridgehead atoms. The zero-order chi connectivity index (χ0) is 27.8. The van der Waals surface area contributed by atoms with Crippen molar-refractivity contribution in [1.82, 2.24) is 10.2 Å². The highest BCUT2D eigenvalue weighted by Crippen LogP contribution is 2.50. The van der Waals surface area contributed by atoms with Gasteiger partial charge in [-0.1, -0.05) is 0 Å². The van der Waals surface area contributed by atoms with Crippen LogP contribution in [0.1, 0.15) is 41.4 Å². The van der Waals surface area contributed by atoms with E-state index in [4.69, 9.17) is 28.4 Å². The lowest BCUT2D eigenvalue weighted by atomic mass is 9.72. The highest BCUT2D eigenvalue weighted by Gasteiger charge is 2.41. The van der Waals surface area contributed by atoms with Gasteiger partial charge in [-0.15, -0.1) is 0 Å². The standard InChI is InChI=1S/C28H31N3O8/c1-34-18-9-14(10-19(35-2)25(18)38-5)13-7-16-23(17(32)8-13)22(24-27(29-16)30-31-28(24)33)15-11-20(36-3)26(39-6)21(12-15)37-4/h9-13,22H,7-8H2,1-6H3,(H3,29,30,31,33)/t13-,22-/m1/s1. The lowest BCUT2D eigenvalue weighted by molar-refractivity contribution is -0.116. The summed E-state index contributed by atoms with van der Waals surface area (Å²) in [5.41, 5.74) is 2.91. The molecule has 1 aromatic heterocycles. The SMILES string of the molecule is COc1cc([C@H]2CC(=O)C3=C(C2)Nc2[nH][nH]c(=O)c2[C@@H]3c2cc(OC)c(OC)c(OC)c2)cc(OC)c1OC. The molecular formula is C28H31N3O8. The van der Waals surface area contributed by atoms with Crippen LogP contribution in [-0.4, -0.2) is 58.6 Å². The second-order valence-corrected chi connectivity index (χ2v) is 9.26. The summed E-state index contributed by atoms with van der Waals surface area (Å²) < 4.78 is 33.1. The summed E-state index contributed by atoms with van der Waals surface area (Å²) in [6.45, 7) is 0. The lowest BCUT2D eigenvalue weighted by Crippen LogP contribution is -2.31. The van der Waals surface area contributed by atoms with Crippen LogP contribution in [0.25, 0.3) is 0 Å². The average Bonchev–Trinajstić information content (AvgIpc) is 3.33. The number of hydrogen-bond acceptors (Lipinski definition) is 9. The number of carbonyl (C=O) groups excluding carboxylic acids is 1. The first-order valence-electron chi connectivity index (χ1n) is 12.3. The summed E-state index contributed by atoms with van der Waals surface area (Å²) in [6, 6.07) is 7.29. The fourth-order valence-electron chi connectivity index (χ4n) is 5.59. The number of carbonyl (C=O) groups is 1. The van der Waals surface area contributed by atoms with Crippen molar-refractivity contribution in [1.29, 1.82) is 0 Å². The van der Waals surface area contributed by atoms with E-state index in [1.165, 1.54) is 21.3 Å². The summed E-state index contributed by atoms with van der Waals surface area (Å²) in [5.74, 6) is 2.43. The number of nitrogens with one attached hydrogen (secondary N) is 3. The zero-order valence-electron chi connectivity index (χ0n) is 22.6. The monoisotopic (exact) mass is 537 g/mol. The molecule has 11 nitrogen and oxygen atoms in total. The van der Waals surface area contributed by atoms with Crippen LogP contribution >= 0.6 is 0 Å². The number of benzene rings is 2. The summed E-state index contributed by atoms with van der Waals surface area (Å²) in [7, 11) is 9.23. The number of ketones is 1. The van der Waals surface area contributed by atoms with Crippen LogP contribution in [-0.2, 0) is 4.79 Å². The quantitative estimate of drug-likeness (QED) is 0.393. The normalized spacial score (nSPS) is 18.1. The molecule has 3 aromatic rings. The molecule has 0 saturated carbocycles. The van der Waals surface area contributed by atoms with E-state index < -0.39 is 5.92 Å². The van der Waals surface area contributed by atoms with Gasteiger partial charge in [-0.3, -0.25) is 19.8 Å². The molecule has 206 valence electrons. The molecule has 2 heterocycles. The number of rotatable bonds is 8. The highest BCUT2D eigenvalue weighted by atomic mass is 16.5. The average molecular weight is 538 g/mol. The van der Waals surface area contributed by atoms with Gasteiger partial charge < -0.3 is 33.7 Å².